The number of nitrogens with zero attached hydrogens (tertiary/aromatic N) is 3. The van der Waals surface area contributed by atoms with E-state index in [1.807, 2.05) is 13.8 Å². The van der Waals surface area contributed by atoms with Gasteiger partial charge in [-0.05, 0) is 19.4 Å². The second kappa shape index (κ2) is 8.54. The number of rotatable bonds is 6. The summed E-state index contributed by atoms with van der Waals surface area (Å²) < 4.78 is 46.3. The van der Waals surface area contributed by atoms with Gasteiger partial charge in [0.05, 0.1) is 12.2 Å². The molecule has 0 atom stereocenters. The number of aryl methyl sites for hydroxylation is 2. The van der Waals surface area contributed by atoms with Gasteiger partial charge in [-0.25, -0.2) is 9.97 Å². The summed E-state index contributed by atoms with van der Waals surface area (Å²) in [5.41, 5.74) is 1.60. The Morgan fingerprint density at radius 2 is 1.96 bits per heavy atom. The Balaban J connectivity index is 1.80. The first-order valence-corrected chi connectivity index (χ1v) is 7.78. The van der Waals surface area contributed by atoms with Gasteiger partial charge in [0.15, 0.2) is 12.6 Å². The smallest absolute Gasteiger partial charge is 0.422 e. The van der Waals surface area contributed by atoms with Crippen LogP contribution in [0.4, 0.5) is 13.2 Å². The highest BCUT2D eigenvalue weighted by molar-refractivity contribution is 5.79. The van der Waals surface area contributed by atoms with Gasteiger partial charge in [-0.15, -0.1) is 0 Å². The van der Waals surface area contributed by atoms with Crippen molar-refractivity contribution >= 4 is 5.96 Å². The maximum absolute atomic E-state index is 12.1. The molecule has 0 aliphatic carbocycles. The standard InChI is InChI=1S/C16H20F3N5O2/c1-10-11(2)26-14(24-10)8-23-15(20-3)22-7-12-4-5-13(21-6-12)25-9-16(17,18)19/h4-6H,7-9H2,1-3H3,(H2,20,22,23). The fourth-order valence-corrected chi connectivity index (χ4v) is 1.94. The van der Waals surface area contributed by atoms with Gasteiger partial charge < -0.3 is 19.8 Å². The zero-order valence-electron chi connectivity index (χ0n) is 14.6. The molecule has 0 spiro atoms. The van der Waals surface area contributed by atoms with E-state index in [0.717, 1.165) is 17.0 Å². The van der Waals surface area contributed by atoms with Crippen molar-refractivity contribution in [3.05, 3.63) is 41.2 Å². The van der Waals surface area contributed by atoms with Crippen LogP contribution in [0, 0.1) is 13.8 Å². The zero-order chi connectivity index (χ0) is 19.2. The lowest BCUT2D eigenvalue weighted by Gasteiger charge is -2.11. The van der Waals surface area contributed by atoms with E-state index >= 15 is 0 Å². The first-order chi connectivity index (χ1) is 12.3. The Hall–Kier alpha value is -2.78. The van der Waals surface area contributed by atoms with Crippen LogP contribution in [0.3, 0.4) is 0 Å². The Labute approximate surface area is 148 Å². The van der Waals surface area contributed by atoms with Gasteiger partial charge in [-0.1, -0.05) is 6.07 Å². The predicted molar refractivity (Wildman–Crippen MR) is 88.8 cm³/mol. The van der Waals surface area contributed by atoms with Crippen LogP contribution >= 0.6 is 0 Å². The lowest BCUT2D eigenvalue weighted by molar-refractivity contribution is -0.154. The quantitative estimate of drug-likeness (QED) is 0.600. The number of nitrogens with one attached hydrogen (secondary N) is 2. The lowest BCUT2D eigenvalue weighted by atomic mass is 10.3. The van der Waals surface area contributed by atoms with Crippen LogP contribution < -0.4 is 15.4 Å². The SMILES string of the molecule is CN=C(NCc1ccc(OCC(F)(F)F)nc1)NCc1nc(C)c(C)o1. The molecule has 10 heteroatoms. The Bertz CT molecular complexity index is 722. The molecule has 0 saturated heterocycles. The van der Waals surface area contributed by atoms with Crippen molar-refractivity contribution in [3.8, 4) is 5.88 Å². The molecule has 2 aromatic heterocycles. The molecule has 0 aliphatic heterocycles. The third kappa shape index (κ3) is 6.26. The van der Waals surface area contributed by atoms with Crippen LogP contribution in [0.25, 0.3) is 0 Å². The molecule has 26 heavy (non-hydrogen) atoms. The average molecular weight is 371 g/mol. The number of aliphatic imine (C=N–C) groups is 1. The molecule has 2 N–H and O–H groups in total. The van der Waals surface area contributed by atoms with Gasteiger partial charge in [-0.2, -0.15) is 13.2 Å². The molecule has 0 saturated carbocycles. The highest BCUT2D eigenvalue weighted by Crippen LogP contribution is 2.17. The van der Waals surface area contributed by atoms with E-state index in [1.54, 1.807) is 13.1 Å². The molecule has 0 aliphatic rings. The summed E-state index contributed by atoms with van der Waals surface area (Å²) in [5.74, 6) is 1.76. The Morgan fingerprint density at radius 1 is 1.23 bits per heavy atom. The van der Waals surface area contributed by atoms with Gasteiger partial charge in [0.25, 0.3) is 0 Å². The number of pyridine rings is 1. The summed E-state index contributed by atoms with van der Waals surface area (Å²) in [6.45, 7) is 3.10. The van der Waals surface area contributed by atoms with Crippen molar-refractivity contribution in [1.82, 2.24) is 20.6 Å². The molecule has 0 bridgehead atoms. The number of guanidine groups is 1. The monoisotopic (exact) mass is 371 g/mol. The molecule has 142 valence electrons. The number of aromatic nitrogens is 2. The molecule has 7 nitrogen and oxygen atoms in total. The Morgan fingerprint density at radius 3 is 2.50 bits per heavy atom. The summed E-state index contributed by atoms with van der Waals surface area (Å²) in [6.07, 6.45) is -2.95. The number of halogens is 3. The zero-order valence-corrected chi connectivity index (χ0v) is 14.6. The van der Waals surface area contributed by atoms with E-state index in [2.05, 4.69) is 30.3 Å². The second-order valence-corrected chi connectivity index (χ2v) is 5.44. The summed E-state index contributed by atoms with van der Waals surface area (Å²) in [5, 5.41) is 6.12. The minimum Gasteiger partial charge on any atom is -0.468 e. The van der Waals surface area contributed by atoms with Crippen LogP contribution in [0.15, 0.2) is 27.7 Å². The van der Waals surface area contributed by atoms with E-state index < -0.39 is 12.8 Å². The topological polar surface area (TPSA) is 84.6 Å². The highest BCUT2D eigenvalue weighted by Gasteiger charge is 2.28. The Kier molecular flexibility index (Phi) is 6.42. The van der Waals surface area contributed by atoms with Crippen molar-refractivity contribution in [2.75, 3.05) is 13.7 Å². The highest BCUT2D eigenvalue weighted by atomic mass is 19.4. The van der Waals surface area contributed by atoms with Gasteiger partial charge in [0, 0.05) is 25.9 Å². The van der Waals surface area contributed by atoms with Crippen molar-refractivity contribution < 1.29 is 22.3 Å². The van der Waals surface area contributed by atoms with E-state index in [9.17, 15) is 13.2 Å². The summed E-state index contributed by atoms with van der Waals surface area (Å²) >= 11 is 0. The van der Waals surface area contributed by atoms with Crippen LogP contribution in [0.2, 0.25) is 0 Å². The normalized spacial score (nSPS) is 12.2. The van der Waals surface area contributed by atoms with Gasteiger partial charge in [0.2, 0.25) is 11.8 Å². The first kappa shape index (κ1) is 19.5. The molecule has 2 rings (SSSR count). The van der Waals surface area contributed by atoms with E-state index in [0.29, 0.717) is 24.9 Å². The fraction of sp³-hybridized carbons (Fsp3) is 0.438. The lowest BCUT2D eigenvalue weighted by Crippen LogP contribution is -2.36. The van der Waals surface area contributed by atoms with Crippen molar-refractivity contribution in [3.63, 3.8) is 0 Å². The van der Waals surface area contributed by atoms with Crippen LogP contribution in [0.5, 0.6) is 5.88 Å². The molecule has 0 aromatic carbocycles. The molecule has 2 aromatic rings. The van der Waals surface area contributed by atoms with E-state index in [1.165, 1.54) is 12.3 Å². The maximum Gasteiger partial charge on any atom is 0.422 e. The van der Waals surface area contributed by atoms with Crippen molar-refractivity contribution in [2.24, 2.45) is 4.99 Å². The van der Waals surface area contributed by atoms with E-state index in [-0.39, 0.29) is 5.88 Å². The molecule has 2 heterocycles. The number of oxazole rings is 1. The summed E-state index contributed by atoms with van der Waals surface area (Å²) in [4.78, 5) is 12.2. The van der Waals surface area contributed by atoms with E-state index in [4.69, 9.17) is 4.42 Å². The van der Waals surface area contributed by atoms with Crippen LogP contribution in [-0.2, 0) is 13.1 Å². The summed E-state index contributed by atoms with van der Waals surface area (Å²) in [7, 11) is 1.62. The minimum absolute atomic E-state index is 0.0804. The molecule has 0 unspecified atom stereocenters. The average Bonchev–Trinajstić information content (AvgIpc) is 2.91. The summed E-state index contributed by atoms with van der Waals surface area (Å²) in [6, 6.07) is 3.01. The molecule has 0 amide bonds. The van der Waals surface area contributed by atoms with Crippen LogP contribution in [-0.4, -0.2) is 35.8 Å². The predicted octanol–water partition coefficient (Wildman–Crippen LogP) is 2.49. The third-order valence-corrected chi connectivity index (χ3v) is 3.34. The first-order valence-electron chi connectivity index (χ1n) is 7.78. The van der Waals surface area contributed by atoms with Crippen LogP contribution in [0.1, 0.15) is 22.9 Å². The van der Waals surface area contributed by atoms with Gasteiger partial charge in [0.1, 0.15) is 5.76 Å². The number of hydrogen-bond donors (Lipinski definition) is 2. The molecule has 0 fully saturated rings. The molecule has 0 radical (unpaired) electrons. The third-order valence-electron chi connectivity index (χ3n) is 3.34. The molecular formula is C16H20F3N5O2. The second-order valence-electron chi connectivity index (χ2n) is 5.44. The maximum atomic E-state index is 12.1. The van der Waals surface area contributed by atoms with Gasteiger partial charge >= 0.3 is 6.18 Å². The van der Waals surface area contributed by atoms with Crippen molar-refractivity contribution in [1.29, 1.82) is 0 Å². The fourth-order valence-electron chi connectivity index (χ4n) is 1.94. The number of ether oxygens (including phenoxy) is 1. The largest absolute Gasteiger partial charge is 0.468 e. The van der Waals surface area contributed by atoms with Gasteiger partial charge in [-0.3, -0.25) is 4.99 Å². The number of alkyl halides is 3. The minimum atomic E-state index is -4.39. The number of hydrogen-bond acceptors (Lipinski definition) is 5. The molecular weight excluding hydrogens is 351 g/mol. The van der Waals surface area contributed by atoms with Crippen molar-refractivity contribution in [2.45, 2.75) is 33.1 Å².